The number of rotatable bonds is 5. The molecule has 0 amide bonds. The highest BCUT2D eigenvalue weighted by Crippen LogP contribution is 2.19. The fourth-order valence-corrected chi connectivity index (χ4v) is 3.83. The number of aldehydes is 1. The first-order valence-electron chi connectivity index (χ1n) is 10.4. The highest BCUT2D eigenvalue weighted by atomic mass is 35.5. The van der Waals surface area contributed by atoms with Crippen LogP contribution in [0.5, 0.6) is 0 Å². The molecule has 0 unspecified atom stereocenters. The maximum Gasteiger partial charge on any atom is 0.264 e. The summed E-state index contributed by atoms with van der Waals surface area (Å²) in [5.74, 6) is 0.602. The normalized spacial score (nSPS) is 10.5. The smallest absolute Gasteiger partial charge is 0.264 e. The number of nitrogens with one attached hydrogen (secondary N) is 1. The van der Waals surface area contributed by atoms with Crippen molar-refractivity contribution < 1.29 is 14.7 Å². The molecule has 8 heteroatoms. The molecule has 33 heavy (non-hydrogen) atoms. The number of anilines is 1. The van der Waals surface area contributed by atoms with E-state index in [2.05, 4.69) is 22.2 Å². The highest BCUT2D eigenvalue weighted by Gasteiger charge is 2.11. The van der Waals surface area contributed by atoms with E-state index in [9.17, 15) is 10.0 Å². The minimum Gasteiger partial charge on any atom is -0.384 e. The number of hydrogen-bond donors (Lipinski definition) is 3. The first-order valence-corrected chi connectivity index (χ1v) is 10.8. The van der Waals surface area contributed by atoms with Gasteiger partial charge in [0.1, 0.15) is 17.1 Å². The number of nitrogens with two attached hydrogens (primary N) is 1. The average Bonchev–Trinajstić information content (AvgIpc) is 2.76. The van der Waals surface area contributed by atoms with Crippen LogP contribution in [0.25, 0.3) is 10.9 Å². The molecule has 0 aliphatic rings. The van der Waals surface area contributed by atoms with Gasteiger partial charge in [-0.1, -0.05) is 17.7 Å². The maximum atomic E-state index is 10.8. The van der Waals surface area contributed by atoms with Crippen LogP contribution in [0.4, 0.5) is 5.82 Å². The summed E-state index contributed by atoms with van der Waals surface area (Å²) in [5, 5.41) is 14.2. The van der Waals surface area contributed by atoms with Crippen molar-refractivity contribution in [1.82, 2.24) is 15.3 Å². The molecule has 0 fully saturated rings. The van der Waals surface area contributed by atoms with Gasteiger partial charge < -0.3 is 11.1 Å². The average molecular weight is 465 g/mol. The summed E-state index contributed by atoms with van der Waals surface area (Å²) in [7, 11) is 1.93. The van der Waals surface area contributed by atoms with Gasteiger partial charge in [0.05, 0.1) is 5.39 Å². The third kappa shape index (κ3) is 6.25. The van der Waals surface area contributed by atoms with Crippen molar-refractivity contribution in [1.29, 1.82) is 0 Å². The lowest BCUT2D eigenvalue weighted by Crippen LogP contribution is -2.30. The molecule has 0 saturated carbocycles. The van der Waals surface area contributed by atoms with Gasteiger partial charge in [0.15, 0.2) is 0 Å². The van der Waals surface area contributed by atoms with Crippen molar-refractivity contribution in [3.63, 3.8) is 0 Å². The van der Waals surface area contributed by atoms with Crippen LogP contribution in [-0.2, 0) is 13.0 Å². The van der Waals surface area contributed by atoms with Crippen LogP contribution in [0.1, 0.15) is 38.4 Å². The lowest BCUT2D eigenvalue weighted by molar-refractivity contribution is -0.884. The van der Waals surface area contributed by atoms with Crippen LogP contribution in [0, 0.1) is 13.8 Å². The maximum absolute atomic E-state index is 10.8. The number of aromatic nitrogens is 3. The molecule has 3 aromatic heterocycles. The fourth-order valence-electron chi connectivity index (χ4n) is 3.62. The standard InChI is InChI=1S/C16H12ClN2O2.C9H15N3/c17-14-8-13-5-11(1-2-16(13)19(21)9-14)6-15-7-12(10-20)3-4-18-15;1-6-4-9(10)12-7(2)8(6)5-11-3/h1-5,7-10,21H,6H2;4,11H,5H2,1-3H3,(H2,10,12)/q+1;. The largest absolute Gasteiger partial charge is 0.384 e. The van der Waals surface area contributed by atoms with E-state index in [-0.39, 0.29) is 0 Å². The first-order chi connectivity index (χ1) is 15.8. The molecule has 170 valence electrons. The monoisotopic (exact) mass is 464 g/mol. The van der Waals surface area contributed by atoms with Gasteiger partial charge >= 0.3 is 0 Å². The van der Waals surface area contributed by atoms with Gasteiger partial charge in [0.2, 0.25) is 6.20 Å². The molecule has 0 atom stereocenters. The second kappa shape index (κ2) is 10.8. The molecular weight excluding hydrogens is 438 g/mol. The molecule has 0 aliphatic heterocycles. The van der Waals surface area contributed by atoms with Crippen LogP contribution in [-0.4, -0.2) is 28.5 Å². The molecular formula is C25H27ClN5O2+. The summed E-state index contributed by atoms with van der Waals surface area (Å²) in [5.41, 5.74) is 12.2. The van der Waals surface area contributed by atoms with Crippen LogP contribution in [0.2, 0.25) is 5.02 Å². The molecule has 7 nitrogen and oxygen atoms in total. The van der Waals surface area contributed by atoms with Crippen LogP contribution < -0.4 is 15.8 Å². The van der Waals surface area contributed by atoms with E-state index in [0.29, 0.717) is 28.3 Å². The molecule has 4 N–H and O–H groups in total. The Morgan fingerprint density at radius 2 is 1.97 bits per heavy atom. The molecule has 0 saturated heterocycles. The van der Waals surface area contributed by atoms with Gasteiger partial charge in [-0.2, -0.15) is 0 Å². The van der Waals surface area contributed by atoms with Crippen molar-refractivity contribution in [2.24, 2.45) is 0 Å². The van der Waals surface area contributed by atoms with E-state index in [1.54, 1.807) is 24.4 Å². The van der Waals surface area contributed by atoms with Crippen LogP contribution in [0.3, 0.4) is 0 Å². The number of carbonyl (C=O) groups is 1. The van der Waals surface area contributed by atoms with Gasteiger partial charge in [0.25, 0.3) is 5.52 Å². The topological polar surface area (TPSA) is 105 Å². The zero-order chi connectivity index (χ0) is 24.0. The number of pyridine rings is 3. The van der Waals surface area contributed by atoms with Gasteiger partial charge in [-0.15, -0.1) is 0 Å². The number of halogens is 1. The Morgan fingerprint density at radius 3 is 2.67 bits per heavy atom. The Labute approximate surface area is 197 Å². The fraction of sp³-hybridized carbons (Fsp3) is 0.200. The Hall–Kier alpha value is -3.55. The number of benzene rings is 1. The molecule has 1 aromatic carbocycles. The van der Waals surface area contributed by atoms with Crippen molar-refractivity contribution in [3.8, 4) is 0 Å². The zero-order valence-electron chi connectivity index (χ0n) is 18.8. The van der Waals surface area contributed by atoms with E-state index in [1.165, 1.54) is 17.3 Å². The van der Waals surface area contributed by atoms with Gasteiger partial charge in [-0.05, 0) is 67.9 Å². The van der Waals surface area contributed by atoms with Gasteiger partial charge in [-0.25, -0.2) is 4.98 Å². The van der Waals surface area contributed by atoms with Crippen molar-refractivity contribution in [2.45, 2.75) is 26.8 Å². The molecule has 0 bridgehead atoms. The second-order valence-corrected chi connectivity index (χ2v) is 8.17. The minimum absolute atomic E-state index is 0.461. The zero-order valence-corrected chi connectivity index (χ0v) is 19.6. The van der Waals surface area contributed by atoms with Gasteiger partial charge in [0, 0.05) is 46.9 Å². The molecule has 4 rings (SSSR count). The minimum atomic E-state index is 0.461. The van der Waals surface area contributed by atoms with Gasteiger partial charge in [-0.3, -0.25) is 15.0 Å². The highest BCUT2D eigenvalue weighted by molar-refractivity contribution is 6.30. The summed E-state index contributed by atoms with van der Waals surface area (Å²) < 4.78 is 1.01. The van der Waals surface area contributed by atoms with E-state index in [0.717, 1.165) is 39.9 Å². The lowest BCUT2D eigenvalue weighted by Gasteiger charge is -2.08. The predicted octanol–water partition coefficient (Wildman–Crippen LogP) is 3.82. The Bertz CT molecular complexity index is 1270. The van der Waals surface area contributed by atoms with Crippen LogP contribution in [0.15, 0.2) is 54.9 Å². The van der Waals surface area contributed by atoms with E-state index in [4.69, 9.17) is 17.3 Å². The van der Waals surface area contributed by atoms with Crippen molar-refractivity contribution in [2.75, 3.05) is 12.8 Å². The first kappa shape index (κ1) is 24.1. The summed E-state index contributed by atoms with van der Waals surface area (Å²) in [6, 6.07) is 12.8. The summed E-state index contributed by atoms with van der Waals surface area (Å²) in [6.45, 7) is 4.89. The molecule has 3 heterocycles. The third-order valence-electron chi connectivity index (χ3n) is 5.17. The number of carbonyl (C=O) groups excluding carboxylic acids is 1. The number of hydrogen-bond acceptors (Lipinski definition) is 6. The lowest BCUT2D eigenvalue weighted by atomic mass is 10.1. The quantitative estimate of drug-likeness (QED) is 0.235. The van der Waals surface area contributed by atoms with Crippen molar-refractivity contribution in [3.05, 3.63) is 93.5 Å². The van der Waals surface area contributed by atoms with E-state index >= 15 is 0 Å². The number of aryl methyl sites for hydroxylation is 2. The summed E-state index contributed by atoms with van der Waals surface area (Å²) in [4.78, 5) is 19.2. The Balaban J connectivity index is 0.000000218. The predicted molar refractivity (Wildman–Crippen MR) is 130 cm³/mol. The third-order valence-corrected chi connectivity index (χ3v) is 5.37. The molecule has 4 aromatic rings. The number of nitrogens with zero attached hydrogens (tertiary/aromatic N) is 3. The molecule has 0 aliphatic carbocycles. The van der Waals surface area contributed by atoms with Crippen LogP contribution >= 0.6 is 11.6 Å². The SMILES string of the molecule is CNCc1c(C)cc(N)nc1C.O=Cc1ccnc(Cc2ccc3c(cc(Cl)c[n+]3O)c2)c1. The molecule has 0 spiro atoms. The van der Waals surface area contributed by atoms with E-state index in [1.807, 2.05) is 38.2 Å². The summed E-state index contributed by atoms with van der Waals surface area (Å²) >= 11 is 5.94. The number of fused-ring (bicyclic) bond motifs is 1. The van der Waals surface area contributed by atoms with Crippen molar-refractivity contribution >= 4 is 34.6 Å². The number of nitrogen functional groups attached to an aromatic ring is 1. The summed E-state index contributed by atoms with van der Waals surface area (Å²) in [6.07, 6.45) is 4.48. The Kier molecular flexibility index (Phi) is 7.92. The van der Waals surface area contributed by atoms with E-state index < -0.39 is 0 Å². The Morgan fingerprint density at radius 1 is 1.18 bits per heavy atom. The molecule has 0 radical (unpaired) electrons. The second-order valence-electron chi connectivity index (χ2n) is 7.73.